The highest BCUT2D eigenvalue weighted by Crippen LogP contribution is 2.20. The summed E-state index contributed by atoms with van der Waals surface area (Å²) >= 11 is 0. The summed E-state index contributed by atoms with van der Waals surface area (Å²) in [5.41, 5.74) is 7.69. The Bertz CT molecular complexity index is 921. The SMILES string of the molecule is CCOc1ccc(-n2nnc(C(=O)NCc3ccccc3OC)c2N)cc1. The standard InChI is InChI=1S/C19H21N5O3/c1-3-27-15-10-8-14(9-11-15)24-18(20)17(22-23-24)19(25)21-12-13-6-4-5-7-16(13)26-2/h4-11H,3,12,20H2,1-2H3,(H,21,25). The summed E-state index contributed by atoms with van der Waals surface area (Å²) in [5.74, 6) is 1.20. The van der Waals surface area contributed by atoms with Crippen LogP contribution in [0.2, 0.25) is 0 Å². The lowest BCUT2D eigenvalue weighted by Crippen LogP contribution is -2.24. The second-order valence-electron chi connectivity index (χ2n) is 5.66. The first-order valence-electron chi connectivity index (χ1n) is 8.48. The van der Waals surface area contributed by atoms with Gasteiger partial charge in [-0.05, 0) is 37.3 Å². The zero-order valence-corrected chi connectivity index (χ0v) is 15.2. The monoisotopic (exact) mass is 367 g/mol. The Morgan fingerprint density at radius 1 is 1.19 bits per heavy atom. The van der Waals surface area contributed by atoms with Crippen molar-refractivity contribution < 1.29 is 14.3 Å². The maximum atomic E-state index is 12.5. The van der Waals surface area contributed by atoms with Gasteiger partial charge < -0.3 is 20.5 Å². The molecule has 2 aromatic carbocycles. The molecule has 0 radical (unpaired) electrons. The molecule has 0 spiro atoms. The van der Waals surface area contributed by atoms with Crippen LogP contribution in [0, 0.1) is 0 Å². The van der Waals surface area contributed by atoms with Gasteiger partial charge in [0.15, 0.2) is 11.5 Å². The van der Waals surface area contributed by atoms with Crippen LogP contribution in [0.15, 0.2) is 48.5 Å². The van der Waals surface area contributed by atoms with Crippen molar-refractivity contribution in [3.8, 4) is 17.2 Å². The second kappa shape index (κ2) is 8.22. The average Bonchev–Trinajstić information content (AvgIpc) is 3.08. The molecule has 0 aliphatic carbocycles. The Balaban J connectivity index is 1.73. The summed E-state index contributed by atoms with van der Waals surface area (Å²) in [7, 11) is 1.58. The summed E-state index contributed by atoms with van der Waals surface area (Å²) in [6, 6.07) is 14.7. The molecule has 8 heteroatoms. The van der Waals surface area contributed by atoms with Gasteiger partial charge in [0.25, 0.3) is 5.91 Å². The van der Waals surface area contributed by atoms with Crippen LogP contribution in [0.25, 0.3) is 5.69 Å². The lowest BCUT2D eigenvalue weighted by atomic mass is 10.2. The van der Waals surface area contributed by atoms with Gasteiger partial charge in [-0.1, -0.05) is 23.4 Å². The highest BCUT2D eigenvalue weighted by Gasteiger charge is 2.18. The molecule has 27 heavy (non-hydrogen) atoms. The van der Waals surface area contributed by atoms with E-state index < -0.39 is 5.91 Å². The smallest absolute Gasteiger partial charge is 0.275 e. The lowest BCUT2D eigenvalue weighted by Gasteiger charge is -2.09. The molecule has 1 amide bonds. The van der Waals surface area contributed by atoms with E-state index in [0.717, 1.165) is 11.3 Å². The molecule has 0 saturated heterocycles. The van der Waals surface area contributed by atoms with E-state index in [2.05, 4.69) is 15.6 Å². The van der Waals surface area contributed by atoms with Crippen molar-refractivity contribution in [1.82, 2.24) is 20.3 Å². The number of benzene rings is 2. The number of aromatic nitrogens is 3. The van der Waals surface area contributed by atoms with Gasteiger partial charge in [-0.3, -0.25) is 4.79 Å². The molecular weight excluding hydrogens is 346 g/mol. The summed E-state index contributed by atoms with van der Waals surface area (Å²) in [6.07, 6.45) is 0. The molecule has 8 nitrogen and oxygen atoms in total. The number of para-hydroxylation sites is 1. The minimum Gasteiger partial charge on any atom is -0.496 e. The number of nitrogen functional groups attached to an aromatic ring is 1. The number of rotatable bonds is 7. The third-order valence-corrected chi connectivity index (χ3v) is 3.94. The van der Waals surface area contributed by atoms with Crippen molar-refractivity contribution in [2.75, 3.05) is 19.5 Å². The van der Waals surface area contributed by atoms with Gasteiger partial charge in [0.1, 0.15) is 11.5 Å². The van der Waals surface area contributed by atoms with Crippen LogP contribution in [0.5, 0.6) is 11.5 Å². The van der Waals surface area contributed by atoms with E-state index in [4.69, 9.17) is 15.2 Å². The zero-order valence-electron chi connectivity index (χ0n) is 15.2. The molecule has 0 atom stereocenters. The summed E-state index contributed by atoms with van der Waals surface area (Å²) in [5, 5.41) is 10.7. The Kier molecular flexibility index (Phi) is 5.55. The van der Waals surface area contributed by atoms with E-state index in [1.807, 2.05) is 31.2 Å². The zero-order chi connectivity index (χ0) is 19.2. The van der Waals surface area contributed by atoms with E-state index >= 15 is 0 Å². The highest BCUT2D eigenvalue weighted by molar-refractivity contribution is 5.96. The number of nitrogens with two attached hydrogens (primary N) is 1. The Morgan fingerprint density at radius 2 is 1.93 bits per heavy atom. The quantitative estimate of drug-likeness (QED) is 0.663. The number of hydrogen-bond acceptors (Lipinski definition) is 6. The van der Waals surface area contributed by atoms with Gasteiger partial charge >= 0.3 is 0 Å². The average molecular weight is 367 g/mol. The maximum Gasteiger partial charge on any atom is 0.275 e. The van der Waals surface area contributed by atoms with Crippen LogP contribution >= 0.6 is 0 Å². The highest BCUT2D eigenvalue weighted by atomic mass is 16.5. The van der Waals surface area contributed by atoms with Crippen LogP contribution in [0.3, 0.4) is 0 Å². The normalized spacial score (nSPS) is 10.4. The van der Waals surface area contributed by atoms with Crippen molar-refractivity contribution in [2.24, 2.45) is 0 Å². The number of amides is 1. The molecule has 140 valence electrons. The van der Waals surface area contributed by atoms with E-state index in [0.29, 0.717) is 18.0 Å². The number of methoxy groups -OCH3 is 1. The Labute approximate surface area is 156 Å². The van der Waals surface area contributed by atoms with E-state index in [9.17, 15) is 4.79 Å². The predicted molar refractivity (Wildman–Crippen MR) is 101 cm³/mol. The molecule has 3 rings (SSSR count). The topological polar surface area (TPSA) is 104 Å². The fourth-order valence-corrected chi connectivity index (χ4v) is 2.60. The molecule has 0 bridgehead atoms. The maximum absolute atomic E-state index is 12.5. The van der Waals surface area contributed by atoms with Gasteiger partial charge in [-0.15, -0.1) is 5.10 Å². The number of carbonyl (C=O) groups is 1. The van der Waals surface area contributed by atoms with Gasteiger partial charge in [0.05, 0.1) is 19.4 Å². The fourth-order valence-electron chi connectivity index (χ4n) is 2.60. The second-order valence-corrected chi connectivity index (χ2v) is 5.66. The Morgan fingerprint density at radius 3 is 2.63 bits per heavy atom. The first-order chi connectivity index (χ1) is 13.1. The van der Waals surface area contributed by atoms with Crippen molar-refractivity contribution in [3.63, 3.8) is 0 Å². The first-order valence-corrected chi connectivity index (χ1v) is 8.48. The van der Waals surface area contributed by atoms with Crippen molar-refractivity contribution in [3.05, 3.63) is 59.8 Å². The molecule has 3 N–H and O–H groups in total. The summed E-state index contributed by atoms with van der Waals surface area (Å²) in [6.45, 7) is 2.79. The molecule has 1 heterocycles. The van der Waals surface area contributed by atoms with Crippen molar-refractivity contribution in [1.29, 1.82) is 0 Å². The molecule has 0 aliphatic rings. The van der Waals surface area contributed by atoms with Crippen LogP contribution in [0.4, 0.5) is 5.82 Å². The summed E-state index contributed by atoms with van der Waals surface area (Å²) in [4.78, 5) is 12.5. The minimum atomic E-state index is -0.407. The van der Waals surface area contributed by atoms with Crippen LogP contribution in [0.1, 0.15) is 23.0 Å². The predicted octanol–water partition coefficient (Wildman–Crippen LogP) is 2.19. The molecular formula is C19H21N5O3. The minimum absolute atomic E-state index is 0.0683. The van der Waals surface area contributed by atoms with Gasteiger partial charge in [0, 0.05) is 12.1 Å². The van der Waals surface area contributed by atoms with E-state index in [-0.39, 0.29) is 18.1 Å². The largest absolute Gasteiger partial charge is 0.496 e. The number of carbonyl (C=O) groups excluding carboxylic acids is 1. The molecule has 0 aliphatic heterocycles. The Hall–Kier alpha value is -3.55. The van der Waals surface area contributed by atoms with Gasteiger partial charge in [-0.25, -0.2) is 0 Å². The van der Waals surface area contributed by atoms with Gasteiger partial charge in [0.2, 0.25) is 0 Å². The number of hydrogen-bond donors (Lipinski definition) is 2. The number of nitrogens with one attached hydrogen (secondary N) is 1. The number of nitrogens with zero attached hydrogens (tertiary/aromatic N) is 3. The van der Waals surface area contributed by atoms with Crippen LogP contribution in [-0.2, 0) is 6.54 Å². The number of ether oxygens (including phenoxy) is 2. The first kappa shape index (κ1) is 18.2. The molecule has 3 aromatic rings. The van der Waals surface area contributed by atoms with Crippen LogP contribution in [-0.4, -0.2) is 34.6 Å². The van der Waals surface area contributed by atoms with E-state index in [1.54, 1.807) is 31.4 Å². The van der Waals surface area contributed by atoms with Crippen LogP contribution < -0.4 is 20.5 Å². The third-order valence-electron chi connectivity index (χ3n) is 3.94. The van der Waals surface area contributed by atoms with Crippen molar-refractivity contribution >= 4 is 11.7 Å². The fraction of sp³-hybridized carbons (Fsp3) is 0.211. The molecule has 0 saturated carbocycles. The van der Waals surface area contributed by atoms with Gasteiger partial charge in [-0.2, -0.15) is 4.68 Å². The lowest BCUT2D eigenvalue weighted by molar-refractivity contribution is 0.0946. The number of anilines is 1. The molecule has 0 fully saturated rings. The van der Waals surface area contributed by atoms with Crippen molar-refractivity contribution in [2.45, 2.75) is 13.5 Å². The molecule has 0 unspecified atom stereocenters. The summed E-state index contributed by atoms with van der Waals surface area (Å²) < 4.78 is 12.1. The molecule has 1 aromatic heterocycles. The van der Waals surface area contributed by atoms with E-state index in [1.165, 1.54) is 4.68 Å². The third kappa shape index (κ3) is 4.00.